The van der Waals surface area contributed by atoms with Crippen LogP contribution in [0.25, 0.3) is 6.08 Å². The first-order valence-corrected chi connectivity index (χ1v) is 9.62. The van der Waals surface area contributed by atoms with Gasteiger partial charge in [-0.3, -0.25) is 9.69 Å². The largest absolute Gasteiger partial charge is 0.493 e. The standard InChI is InChI=1S/C23H28N2O3/c1-27-21-11-10-20(17-22(21)28-2)18-23(26)25-15-13-24(14-16-25)12-6-9-19-7-4-3-5-8-19/h3-11,17H,12-16,18H2,1-2H3. The minimum absolute atomic E-state index is 0.159. The third kappa shape index (κ3) is 5.36. The third-order valence-corrected chi connectivity index (χ3v) is 5.00. The molecule has 5 heteroatoms. The predicted molar refractivity (Wildman–Crippen MR) is 112 cm³/mol. The lowest BCUT2D eigenvalue weighted by atomic mass is 10.1. The number of piperazine rings is 1. The predicted octanol–water partition coefficient (Wildman–Crippen LogP) is 3.10. The molecule has 0 saturated carbocycles. The highest BCUT2D eigenvalue weighted by atomic mass is 16.5. The van der Waals surface area contributed by atoms with Crippen LogP contribution in [0.4, 0.5) is 0 Å². The van der Waals surface area contributed by atoms with Gasteiger partial charge in [0.15, 0.2) is 11.5 Å². The fraction of sp³-hybridized carbons (Fsp3) is 0.348. The van der Waals surface area contributed by atoms with Gasteiger partial charge in [-0.25, -0.2) is 0 Å². The number of carbonyl (C=O) groups is 1. The molecule has 3 rings (SSSR count). The summed E-state index contributed by atoms with van der Waals surface area (Å²) in [7, 11) is 3.21. The normalized spacial score (nSPS) is 15.0. The molecule has 0 bridgehead atoms. The Morgan fingerprint density at radius 3 is 2.36 bits per heavy atom. The SMILES string of the molecule is COc1ccc(CC(=O)N2CCN(CC=Cc3ccccc3)CC2)cc1OC. The van der Waals surface area contributed by atoms with E-state index in [9.17, 15) is 4.79 Å². The van der Waals surface area contributed by atoms with Gasteiger partial charge in [-0.1, -0.05) is 48.6 Å². The maximum atomic E-state index is 12.6. The molecule has 0 spiro atoms. The van der Waals surface area contributed by atoms with E-state index in [2.05, 4.69) is 29.2 Å². The van der Waals surface area contributed by atoms with Crippen LogP contribution < -0.4 is 9.47 Å². The summed E-state index contributed by atoms with van der Waals surface area (Å²) in [5.41, 5.74) is 2.15. The van der Waals surface area contributed by atoms with Crippen molar-refractivity contribution in [3.05, 3.63) is 65.7 Å². The van der Waals surface area contributed by atoms with E-state index < -0.39 is 0 Å². The smallest absolute Gasteiger partial charge is 0.227 e. The first kappa shape index (κ1) is 20.0. The summed E-state index contributed by atoms with van der Waals surface area (Å²) in [6.45, 7) is 4.25. The van der Waals surface area contributed by atoms with Crippen LogP contribution in [-0.2, 0) is 11.2 Å². The zero-order chi connectivity index (χ0) is 19.8. The topological polar surface area (TPSA) is 42.0 Å². The molecule has 1 heterocycles. The van der Waals surface area contributed by atoms with Gasteiger partial charge in [0.1, 0.15) is 0 Å². The maximum Gasteiger partial charge on any atom is 0.227 e. The first-order chi connectivity index (χ1) is 13.7. The van der Waals surface area contributed by atoms with Gasteiger partial charge in [0.05, 0.1) is 20.6 Å². The van der Waals surface area contributed by atoms with Crippen molar-refractivity contribution in [1.29, 1.82) is 0 Å². The van der Waals surface area contributed by atoms with Gasteiger partial charge < -0.3 is 14.4 Å². The Morgan fingerprint density at radius 1 is 0.964 bits per heavy atom. The van der Waals surface area contributed by atoms with Crippen LogP contribution in [0.15, 0.2) is 54.6 Å². The Balaban J connectivity index is 1.46. The summed E-state index contributed by atoms with van der Waals surface area (Å²) >= 11 is 0. The Bertz CT molecular complexity index is 797. The highest BCUT2D eigenvalue weighted by Crippen LogP contribution is 2.27. The van der Waals surface area contributed by atoms with Gasteiger partial charge in [-0.15, -0.1) is 0 Å². The second kappa shape index (κ2) is 9.95. The molecule has 1 aliphatic heterocycles. The molecule has 1 aliphatic rings. The van der Waals surface area contributed by atoms with Crippen molar-refractivity contribution < 1.29 is 14.3 Å². The van der Waals surface area contributed by atoms with Gasteiger partial charge in [0.25, 0.3) is 0 Å². The van der Waals surface area contributed by atoms with Gasteiger partial charge in [0.2, 0.25) is 5.91 Å². The van der Waals surface area contributed by atoms with Crippen molar-refractivity contribution in [3.63, 3.8) is 0 Å². The zero-order valence-corrected chi connectivity index (χ0v) is 16.6. The molecule has 2 aromatic carbocycles. The van der Waals surface area contributed by atoms with Gasteiger partial charge in [-0.05, 0) is 23.3 Å². The van der Waals surface area contributed by atoms with E-state index in [4.69, 9.17) is 9.47 Å². The van der Waals surface area contributed by atoms with Crippen LogP contribution in [-0.4, -0.2) is 62.7 Å². The van der Waals surface area contributed by atoms with E-state index in [-0.39, 0.29) is 5.91 Å². The Kier molecular flexibility index (Phi) is 7.09. The monoisotopic (exact) mass is 380 g/mol. The Morgan fingerprint density at radius 2 is 1.68 bits per heavy atom. The lowest BCUT2D eigenvalue weighted by Crippen LogP contribution is -2.49. The zero-order valence-electron chi connectivity index (χ0n) is 16.6. The maximum absolute atomic E-state index is 12.6. The van der Waals surface area contributed by atoms with Crippen LogP contribution in [0.2, 0.25) is 0 Å². The number of benzene rings is 2. The number of carbonyl (C=O) groups excluding carboxylic acids is 1. The third-order valence-electron chi connectivity index (χ3n) is 5.00. The quantitative estimate of drug-likeness (QED) is 0.740. The number of methoxy groups -OCH3 is 2. The van der Waals surface area contributed by atoms with E-state index in [1.165, 1.54) is 5.56 Å². The van der Waals surface area contributed by atoms with Crippen molar-refractivity contribution in [1.82, 2.24) is 9.80 Å². The van der Waals surface area contributed by atoms with Crippen molar-refractivity contribution in [3.8, 4) is 11.5 Å². The van der Waals surface area contributed by atoms with E-state index in [0.29, 0.717) is 17.9 Å². The van der Waals surface area contributed by atoms with E-state index in [0.717, 1.165) is 38.3 Å². The van der Waals surface area contributed by atoms with Gasteiger partial charge in [-0.2, -0.15) is 0 Å². The van der Waals surface area contributed by atoms with E-state index >= 15 is 0 Å². The molecule has 0 aromatic heterocycles. The molecule has 0 atom stereocenters. The molecule has 1 amide bonds. The van der Waals surface area contributed by atoms with Crippen LogP contribution >= 0.6 is 0 Å². The summed E-state index contributed by atoms with van der Waals surface area (Å²) in [4.78, 5) is 17.0. The number of nitrogens with zero attached hydrogens (tertiary/aromatic N) is 2. The summed E-state index contributed by atoms with van der Waals surface area (Å²) in [6, 6.07) is 16.0. The average molecular weight is 380 g/mol. The summed E-state index contributed by atoms with van der Waals surface area (Å²) in [6.07, 6.45) is 4.72. The van der Waals surface area contributed by atoms with Crippen LogP contribution in [0.3, 0.4) is 0 Å². The average Bonchev–Trinajstić information content (AvgIpc) is 2.75. The number of rotatable bonds is 7. The van der Waals surface area contributed by atoms with Crippen molar-refractivity contribution in [2.24, 2.45) is 0 Å². The van der Waals surface area contributed by atoms with Crippen molar-refractivity contribution in [2.75, 3.05) is 46.9 Å². The van der Waals surface area contributed by atoms with Crippen LogP contribution in [0, 0.1) is 0 Å². The van der Waals surface area contributed by atoms with Gasteiger partial charge >= 0.3 is 0 Å². The van der Waals surface area contributed by atoms with E-state index in [1.54, 1.807) is 14.2 Å². The van der Waals surface area contributed by atoms with Crippen molar-refractivity contribution in [2.45, 2.75) is 6.42 Å². The summed E-state index contributed by atoms with van der Waals surface area (Å²) < 4.78 is 10.6. The molecule has 0 radical (unpaired) electrons. The summed E-state index contributed by atoms with van der Waals surface area (Å²) in [5, 5.41) is 0. The molecule has 28 heavy (non-hydrogen) atoms. The minimum Gasteiger partial charge on any atom is -0.493 e. The fourth-order valence-corrected chi connectivity index (χ4v) is 3.36. The molecular formula is C23H28N2O3. The number of hydrogen-bond acceptors (Lipinski definition) is 4. The van der Waals surface area contributed by atoms with E-state index in [1.807, 2.05) is 41.3 Å². The molecule has 1 saturated heterocycles. The number of ether oxygens (including phenoxy) is 2. The fourth-order valence-electron chi connectivity index (χ4n) is 3.36. The molecule has 0 unspecified atom stereocenters. The molecule has 2 aromatic rings. The highest BCUT2D eigenvalue weighted by molar-refractivity contribution is 5.79. The van der Waals surface area contributed by atoms with Gasteiger partial charge in [0, 0.05) is 32.7 Å². The molecular weight excluding hydrogens is 352 g/mol. The molecule has 0 aliphatic carbocycles. The molecule has 0 N–H and O–H groups in total. The van der Waals surface area contributed by atoms with Crippen LogP contribution in [0.1, 0.15) is 11.1 Å². The second-order valence-corrected chi connectivity index (χ2v) is 6.86. The Hall–Kier alpha value is -2.79. The lowest BCUT2D eigenvalue weighted by Gasteiger charge is -2.34. The molecule has 1 fully saturated rings. The minimum atomic E-state index is 0.159. The lowest BCUT2D eigenvalue weighted by molar-refractivity contribution is -0.132. The first-order valence-electron chi connectivity index (χ1n) is 9.62. The Labute approximate surface area is 167 Å². The van der Waals surface area contributed by atoms with Crippen molar-refractivity contribution >= 4 is 12.0 Å². The number of hydrogen-bond donors (Lipinski definition) is 0. The van der Waals surface area contributed by atoms with Crippen LogP contribution in [0.5, 0.6) is 11.5 Å². The number of amides is 1. The summed E-state index contributed by atoms with van der Waals surface area (Å²) in [5.74, 6) is 1.49. The highest BCUT2D eigenvalue weighted by Gasteiger charge is 2.20. The second-order valence-electron chi connectivity index (χ2n) is 6.86. The molecule has 5 nitrogen and oxygen atoms in total. The molecule has 148 valence electrons.